The highest BCUT2D eigenvalue weighted by atomic mass is 32.2. The zero-order valence-electron chi connectivity index (χ0n) is 15.7. The number of benzene rings is 1. The number of para-hydroxylation sites is 1. The van der Waals surface area contributed by atoms with Crippen LogP contribution in [0.2, 0.25) is 0 Å². The Labute approximate surface area is 168 Å². The van der Waals surface area contributed by atoms with Gasteiger partial charge >= 0.3 is 0 Å². The minimum absolute atomic E-state index is 0.0626. The number of carbonyl (C=O) groups is 1. The normalized spacial score (nSPS) is 16.8. The van der Waals surface area contributed by atoms with Crippen molar-refractivity contribution in [3.05, 3.63) is 55.1 Å². The Morgan fingerprint density at radius 3 is 2.89 bits per heavy atom. The van der Waals surface area contributed by atoms with Crippen molar-refractivity contribution < 1.29 is 4.79 Å². The van der Waals surface area contributed by atoms with Gasteiger partial charge in [0.15, 0.2) is 5.82 Å². The Hall–Kier alpha value is -2.87. The fourth-order valence-electron chi connectivity index (χ4n) is 3.42. The van der Waals surface area contributed by atoms with Gasteiger partial charge in [-0.05, 0) is 37.3 Å². The molecule has 3 aromatic rings. The number of rotatable bonds is 5. The molecule has 1 aliphatic heterocycles. The molecule has 0 saturated carbocycles. The number of hydrogen-bond donors (Lipinski definition) is 1. The summed E-state index contributed by atoms with van der Waals surface area (Å²) in [6, 6.07) is 11.7. The van der Waals surface area contributed by atoms with Gasteiger partial charge in [0.25, 0.3) is 0 Å². The van der Waals surface area contributed by atoms with E-state index in [-0.39, 0.29) is 11.8 Å². The average Bonchev–Trinajstić information content (AvgIpc) is 3.29. The summed E-state index contributed by atoms with van der Waals surface area (Å²) in [5.41, 5.74) is 0.875. The van der Waals surface area contributed by atoms with Crippen LogP contribution in [0.3, 0.4) is 0 Å². The third-order valence-corrected chi connectivity index (χ3v) is 5.65. The van der Waals surface area contributed by atoms with Crippen LogP contribution < -0.4 is 10.2 Å². The first-order valence-electron chi connectivity index (χ1n) is 9.25. The van der Waals surface area contributed by atoms with E-state index in [2.05, 4.69) is 25.3 Å². The summed E-state index contributed by atoms with van der Waals surface area (Å²) in [7, 11) is 0. The summed E-state index contributed by atoms with van der Waals surface area (Å²) in [5, 5.41) is 7.32. The SMILES string of the molecule is CSc1ccccc1NC(=O)[C@H]1CCCN(c2cc(-n3cccn3)ncn2)C1. The minimum Gasteiger partial charge on any atom is -0.356 e. The quantitative estimate of drug-likeness (QED) is 0.670. The Morgan fingerprint density at radius 2 is 2.07 bits per heavy atom. The molecule has 8 heteroatoms. The molecular formula is C20H22N6OS. The van der Waals surface area contributed by atoms with E-state index in [0.717, 1.165) is 41.6 Å². The summed E-state index contributed by atoms with van der Waals surface area (Å²) in [6.07, 6.45) is 8.95. The average molecular weight is 395 g/mol. The second-order valence-electron chi connectivity index (χ2n) is 6.66. The van der Waals surface area contributed by atoms with Crippen LogP contribution >= 0.6 is 11.8 Å². The van der Waals surface area contributed by atoms with Gasteiger partial charge in [0.05, 0.1) is 11.6 Å². The summed E-state index contributed by atoms with van der Waals surface area (Å²) >= 11 is 1.63. The van der Waals surface area contributed by atoms with Gasteiger partial charge < -0.3 is 10.2 Å². The van der Waals surface area contributed by atoms with Crippen molar-refractivity contribution in [2.45, 2.75) is 17.7 Å². The molecule has 0 spiro atoms. The Balaban J connectivity index is 1.47. The van der Waals surface area contributed by atoms with Crippen molar-refractivity contribution in [2.24, 2.45) is 5.92 Å². The maximum atomic E-state index is 12.9. The Bertz CT molecular complexity index is 945. The summed E-state index contributed by atoms with van der Waals surface area (Å²) in [5.74, 6) is 1.53. The van der Waals surface area contributed by atoms with E-state index in [9.17, 15) is 4.79 Å². The van der Waals surface area contributed by atoms with E-state index < -0.39 is 0 Å². The number of thioether (sulfide) groups is 1. The number of nitrogens with one attached hydrogen (secondary N) is 1. The van der Waals surface area contributed by atoms with Crippen molar-refractivity contribution in [1.82, 2.24) is 19.7 Å². The van der Waals surface area contributed by atoms with Crippen molar-refractivity contribution >= 4 is 29.2 Å². The van der Waals surface area contributed by atoms with E-state index in [1.807, 2.05) is 48.9 Å². The Kier molecular flexibility index (Phi) is 5.57. The minimum atomic E-state index is -0.0771. The maximum absolute atomic E-state index is 12.9. The third kappa shape index (κ3) is 4.01. The van der Waals surface area contributed by atoms with E-state index in [1.54, 1.807) is 29.0 Å². The van der Waals surface area contributed by atoms with Crippen LogP contribution in [0.5, 0.6) is 0 Å². The summed E-state index contributed by atoms with van der Waals surface area (Å²) in [6.45, 7) is 1.52. The van der Waals surface area contributed by atoms with Crippen LogP contribution in [0.15, 0.2) is 60.0 Å². The second-order valence-corrected chi connectivity index (χ2v) is 7.51. The van der Waals surface area contributed by atoms with Crippen molar-refractivity contribution in [2.75, 3.05) is 29.6 Å². The predicted octanol–water partition coefficient (Wildman–Crippen LogP) is 3.24. The van der Waals surface area contributed by atoms with Crippen LogP contribution in [-0.4, -0.2) is 45.0 Å². The first kappa shape index (κ1) is 18.5. The van der Waals surface area contributed by atoms with Gasteiger partial charge in [-0.15, -0.1) is 11.8 Å². The lowest BCUT2D eigenvalue weighted by Gasteiger charge is -2.33. The molecule has 1 aromatic carbocycles. The number of amides is 1. The second kappa shape index (κ2) is 8.43. The molecule has 1 fully saturated rings. The number of carbonyl (C=O) groups excluding carboxylic acids is 1. The van der Waals surface area contributed by atoms with Crippen LogP contribution in [0.4, 0.5) is 11.5 Å². The fourth-order valence-corrected chi connectivity index (χ4v) is 3.98. The van der Waals surface area contributed by atoms with Crippen LogP contribution in [0.25, 0.3) is 5.82 Å². The largest absolute Gasteiger partial charge is 0.356 e. The van der Waals surface area contributed by atoms with E-state index in [0.29, 0.717) is 6.54 Å². The van der Waals surface area contributed by atoms with Gasteiger partial charge in [-0.2, -0.15) is 5.10 Å². The molecule has 0 aliphatic carbocycles. The molecule has 2 aromatic heterocycles. The van der Waals surface area contributed by atoms with Gasteiger partial charge in [0.1, 0.15) is 12.1 Å². The maximum Gasteiger partial charge on any atom is 0.229 e. The fraction of sp³-hybridized carbons (Fsp3) is 0.300. The van der Waals surface area contributed by atoms with Crippen molar-refractivity contribution in [3.63, 3.8) is 0 Å². The summed E-state index contributed by atoms with van der Waals surface area (Å²) in [4.78, 5) is 24.8. The first-order chi connectivity index (χ1) is 13.7. The van der Waals surface area contributed by atoms with Crippen LogP contribution in [0.1, 0.15) is 12.8 Å². The molecule has 1 amide bonds. The zero-order chi connectivity index (χ0) is 19.3. The predicted molar refractivity (Wildman–Crippen MR) is 111 cm³/mol. The molecule has 1 aliphatic rings. The third-order valence-electron chi connectivity index (χ3n) is 4.86. The van der Waals surface area contributed by atoms with Gasteiger partial charge in [-0.3, -0.25) is 4.79 Å². The van der Waals surface area contributed by atoms with Crippen molar-refractivity contribution in [3.8, 4) is 5.82 Å². The molecule has 7 nitrogen and oxygen atoms in total. The topological polar surface area (TPSA) is 75.9 Å². The smallest absolute Gasteiger partial charge is 0.229 e. The molecule has 1 saturated heterocycles. The number of piperidine rings is 1. The molecular weight excluding hydrogens is 372 g/mol. The standard InChI is InChI=1S/C20H22N6OS/c1-28-17-8-3-2-7-16(17)24-20(27)15-6-4-10-25(13-15)18-12-19(22-14-21-18)26-11-5-9-23-26/h2-3,5,7-9,11-12,14-15H,4,6,10,13H2,1H3,(H,24,27)/t15-/m0/s1. The Morgan fingerprint density at radius 1 is 1.21 bits per heavy atom. The molecule has 4 rings (SSSR count). The molecule has 28 heavy (non-hydrogen) atoms. The van der Waals surface area contributed by atoms with E-state index in [1.165, 1.54) is 0 Å². The number of hydrogen-bond acceptors (Lipinski definition) is 6. The first-order valence-corrected chi connectivity index (χ1v) is 10.5. The van der Waals surface area contributed by atoms with E-state index >= 15 is 0 Å². The van der Waals surface area contributed by atoms with Gasteiger partial charge in [0, 0.05) is 36.4 Å². The number of nitrogens with zero attached hydrogens (tertiary/aromatic N) is 5. The molecule has 3 heterocycles. The van der Waals surface area contributed by atoms with E-state index in [4.69, 9.17) is 0 Å². The van der Waals surface area contributed by atoms with Gasteiger partial charge in [0.2, 0.25) is 5.91 Å². The molecule has 0 radical (unpaired) electrons. The lowest BCUT2D eigenvalue weighted by Crippen LogP contribution is -2.41. The molecule has 1 atom stereocenters. The van der Waals surface area contributed by atoms with Gasteiger partial charge in [-0.1, -0.05) is 12.1 Å². The zero-order valence-corrected chi connectivity index (χ0v) is 16.5. The van der Waals surface area contributed by atoms with Gasteiger partial charge in [-0.25, -0.2) is 14.6 Å². The highest BCUT2D eigenvalue weighted by molar-refractivity contribution is 7.98. The lowest BCUT2D eigenvalue weighted by atomic mass is 9.97. The number of aromatic nitrogens is 4. The molecule has 1 N–H and O–H groups in total. The monoisotopic (exact) mass is 394 g/mol. The molecule has 144 valence electrons. The molecule has 0 unspecified atom stereocenters. The van der Waals surface area contributed by atoms with Crippen molar-refractivity contribution in [1.29, 1.82) is 0 Å². The lowest BCUT2D eigenvalue weighted by molar-refractivity contribution is -0.120. The van der Waals surface area contributed by atoms with Crippen LogP contribution in [0, 0.1) is 5.92 Å². The highest BCUT2D eigenvalue weighted by Gasteiger charge is 2.27. The number of anilines is 2. The van der Waals surface area contributed by atoms with Crippen LogP contribution in [-0.2, 0) is 4.79 Å². The highest BCUT2D eigenvalue weighted by Crippen LogP contribution is 2.27. The summed E-state index contributed by atoms with van der Waals surface area (Å²) < 4.78 is 1.71. The molecule has 0 bridgehead atoms.